The predicted octanol–water partition coefficient (Wildman–Crippen LogP) is -0.584. The van der Waals surface area contributed by atoms with Crippen LogP contribution in [0.25, 0.3) is 0 Å². The third kappa shape index (κ3) is 2.07. The molecular formula is C10H19N3O. The summed E-state index contributed by atoms with van der Waals surface area (Å²) < 4.78 is 0. The van der Waals surface area contributed by atoms with Crippen molar-refractivity contribution in [3.8, 4) is 0 Å². The monoisotopic (exact) mass is 197 g/mol. The van der Waals surface area contributed by atoms with E-state index in [0.717, 1.165) is 39.1 Å². The average Bonchev–Trinajstić information content (AvgIpc) is 2.12. The Labute approximate surface area is 85.0 Å². The van der Waals surface area contributed by atoms with Gasteiger partial charge in [-0.1, -0.05) is 0 Å². The summed E-state index contributed by atoms with van der Waals surface area (Å²) in [6.45, 7) is 6.91. The van der Waals surface area contributed by atoms with E-state index in [9.17, 15) is 4.79 Å². The second-order valence-electron chi connectivity index (χ2n) is 4.37. The Hall–Kier alpha value is -0.610. The van der Waals surface area contributed by atoms with Gasteiger partial charge in [-0.25, -0.2) is 0 Å². The van der Waals surface area contributed by atoms with Gasteiger partial charge >= 0.3 is 0 Å². The van der Waals surface area contributed by atoms with E-state index in [4.69, 9.17) is 0 Å². The van der Waals surface area contributed by atoms with Crippen molar-refractivity contribution >= 4 is 5.91 Å². The molecule has 1 amide bonds. The zero-order chi connectivity index (χ0) is 9.97. The molecule has 0 aromatic heterocycles. The van der Waals surface area contributed by atoms with Crippen LogP contribution in [0.15, 0.2) is 0 Å². The highest BCUT2D eigenvalue weighted by atomic mass is 16.2. The zero-order valence-electron chi connectivity index (χ0n) is 8.75. The normalized spacial score (nSPS) is 28.6. The Bertz CT molecular complexity index is 215. The van der Waals surface area contributed by atoms with Gasteiger partial charge in [0.1, 0.15) is 0 Å². The first-order valence-corrected chi connectivity index (χ1v) is 5.48. The van der Waals surface area contributed by atoms with Crippen LogP contribution in [0.1, 0.15) is 13.3 Å². The van der Waals surface area contributed by atoms with Crippen LogP contribution in [0.2, 0.25) is 0 Å². The summed E-state index contributed by atoms with van der Waals surface area (Å²) in [5, 5.41) is 6.49. The first-order chi connectivity index (χ1) is 6.77. The molecule has 1 atom stereocenters. The summed E-state index contributed by atoms with van der Waals surface area (Å²) in [4.78, 5) is 13.9. The second-order valence-corrected chi connectivity index (χ2v) is 4.37. The van der Waals surface area contributed by atoms with Crippen molar-refractivity contribution in [3.63, 3.8) is 0 Å². The highest BCUT2D eigenvalue weighted by Crippen LogP contribution is 2.13. The standard InChI is InChI=1S/C10H19N3O/c1-8-5-11-2-3-13(8)10(14)4-9-6-12-7-9/h8-9,11-12H,2-7H2,1H3/t8-/m1/s1. The van der Waals surface area contributed by atoms with E-state index in [1.807, 2.05) is 4.90 Å². The maximum atomic E-state index is 11.9. The molecule has 0 aliphatic carbocycles. The number of amides is 1. The van der Waals surface area contributed by atoms with Crippen LogP contribution >= 0.6 is 0 Å². The van der Waals surface area contributed by atoms with Gasteiger partial charge in [-0.2, -0.15) is 0 Å². The maximum Gasteiger partial charge on any atom is 0.223 e. The maximum absolute atomic E-state index is 11.9. The fourth-order valence-corrected chi connectivity index (χ4v) is 2.07. The van der Waals surface area contributed by atoms with Gasteiger partial charge in [-0.05, 0) is 25.9 Å². The number of rotatable bonds is 2. The minimum atomic E-state index is 0.338. The van der Waals surface area contributed by atoms with Crippen LogP contribution in [-0.4, -0.2) is 49.6 Å². The topological polar surface area (TPSA) is 44.4 Å². The summed E-state index contributed by atoms with van der Waals surface area (Å²) in [7, 11) is 0. The SMILES string of the molecule is C[C@@H]1CNCCN1C(=O)CC1CNC1. The lowest BCUT2D eigenvalue weighted by molar-refractivity contribution is -0.135. The number of piperazine rings is 1. The van der Waals surface area contributed by atoms with E-state index in [1.165, 1.54) is 0 Å². The number of nitrogens with one attached hydrogen (secondary N) is 2. The molecule has 2 rings (SSSR count). The lowest BCUT2D eigenvalue weighted by atomic mass is 9.98. The quantitative estimate of drug-likeness (QED) is 0.622. The number of nitrogens with zero attached hydrogens (tertiary/aromatic N) is 1. The molecular weight excluding hydrogens is 178 g/mol. The molecule has 0 saturated carbocycles. The van der Waals surface area contributed by atoms with Gasteiger partial charge in [0.25, 0.3) is 0 Å². The van der Waals surface area contributed by atoms with E-state index in [1.54, 1.807) is 0 Å². The third-order valence-corrected chi connectivity index (χ3v) is 3.15. The first-order valence-electron chi connectivity index (χ1n) is 5.48. The van der Waals surface area contributed by atoms with E-state index in [-0.39, 0.29) is 0 Å². The van der Waals surface area contributed by atoms with Crippen molar-refractivity contribution in [3.05, 3.63) is 0 Å². The van der Waals surface area contributed by atoms with Crippen molar-refractivity contribution in [1.29, 1.82) is 0 Å². The minimum absolute atomic E-state index is 0.338. The van der Waals surface area contributed by atoms with Crippen molar-refractivity contribution in [2.24, 2.45) is 5.92 Å². The molecule has 2 heterocycles. The molecule has 0 aromatic carbocycles. The van der Waals surface area contributed by atoms with Gasteiger partial charge in [-0.3, -0.25) is 4.79 Å². The highest BCUT2D eigenvalue weighted by molar-refractivity contribution is 5.77. The fraction of sp³-hybridized carbons (Fsp3) is 0.900. The minimum Gasteiger partial charge on any atom is -0.337 e. The van der Waals surface area contributed by atoms with Gasteiger partial charge in [0, 0.05) is 32.1 Å². The smallest absolute Gasteiger partial charge is 0.223 e. The molecule has 2 fully saturated rings. The van der Waals surface area contributed by atoms with Gasteiger partial charge in [0.05, 0.1) is 0 Å². The Morgan fingerprint density at radius 3 is 2.71 bits per heavy atom. The number of carbonyl (C=O) groups excluding carboxylic acids is 1. The van der Waals surface area contributed by atoms with Gasteiger partial charge in [0.15, 0.2) is 0 Å². The van der Waals surface area contributed by atoms with Crippen LogP contribution in [0, 0.1) is 5.92 Å². The average molecular weight is 197 g/mol. The largest absolute Gasteiger partial charge is 0.337 e. The molecule has 4 nitrogen and oxygen atoms in total. The lowest BCUT2D eigenvalue weighted by Crippen LogP contribution is -2.54. The van der Waals surface area contributed by atoms with E-state index in [0.29, 0.717) is 17.9 Å². The molecule has 0 spiro atoms. The van der Waals surface area contributed by atoms with Crippen molar-refractivity contribution in [1.82, 2.24) is 15.5 Å². The summed E-state index contributed by atoms with van der Waals surface area (Å²) in [5.74, 6) is 0.926. The van der Waals surface area contributed by atoms with E-state index in [2.05, 4.69) is 17.6 Å². The molecule has 0 bridgehead atoms. The zero-order valence-corrected chi connectivity index (χ0v) is 8.75. The lowest BCUT2D eigenvalue weighted by Gasteiger charge is -2.36. The van der Waals surface area contributed by atoms with Gasteiger partial charge in [-0.15, -0.1) is 0 Å². The Kier molecular flexibility index (Phi) is 3.03. The highest BCUT2D eigenvalue weighted by Gasteiger charge is 2.27. The molecule has 2 saturated heterocycles. The van der Waals surface area contributed by atoms with Crippen molar-refractivity contribution in [2.75, 3.05) is 32.7 Å². The molecule has 2 aliphatic heterocycles. The molecule has 0 unspecified atom stereocenters. The summed E-state index contributed by atoms with van der Waals surface area (Å²) in [6, 6.07) is 0.365. The van der Waals surface area contributed by atoms with Crippen LogP contribution < -0.4 is 10.6 Å². The van der Waals surface area contributed by atoms with Crippen LogP contribution in [0.5, 0.6) is 0 Å². The predicted molar refractivity (Wildman–Crippen MR) is 55.0 cm³/mol. The molecule has 2 aliphatic rings. The fourth-order valence-electron chi connectivity index (χ4n) is 2.07. The Morgan fingerprint density at radius 2 is 2.14 bits per heavy atom. The summed E-state index contributed by atoms with van der Waals surface area (Å²) in [6.07, 6.45) is 0.733. The van der Waals surface area contributed by atoms with Crippen molar-refractivity contribution in [2.45, 2.75) is 19.4 Å². The van der Waals surface area contributed by atoms with Gasteiger partial charge in [0.2, 0.25) is 5.91 Å². The number of hydrogen-bond donors (Lipinski definition) is 2. The van der Waals surface area contributed by atoms with Gasteiger partial charge < -0.3 is 15.5 Å². The Morgan fingerprint density at radius 1 is 1.36 bits per heavy atom. The molecule has 2 N–H and O–H groups in total. The second kappa shape index (κ2) is 4.28. The van der Waals surface area contributed by atoms with Crippen molar-refractivity contribution < 1.29 is 4.79 Å². The van der Waals surface area contributed by atoms with Crippen LogP contribution in [-0.2, 0) is 4.79 Å². The molecule has 0 radical (unpaired) electrons. The number of carbonyl (C=O) groups is 1. The molecule has 0 aromatic rings. The number of hydrogen-bond acceptors (Lipinski definition) is 3. The summed E-state index contributed by atoms with van der Waals surface area (Å²) >= 11 is 0. The third-order valence-electron chi connectivity index (χ3n) is 3.15. The summed E-state index contributed by atoms with van der Waals surface area (Å²) in [5.41, 5.74) is 0. The van der Waals surface area contributed by atoms with Crippen LogP contribution in [0.4, 0.5) is 0 Å². The molecule has 4 heteroatoms. The Balaban J connectivity index is 1.82. The molecule has 80 valence electrons. The molecule has 14 heavy (non-hydrogen) atoms. The first kappa shape index (κ1) is 9.93. The van der Waals surface area contributed by atoms with Crippen LogP contribution in [0.3, 0.4) is 0 Å². The van der Waals surface area contributed by atoms with E-state index < -0.39 is 0 Å². The van der Waals surface area contributed by atoms with E-state index >= 15 is 0 Å².